The molecule has 0 radical (unpaired) electrons. The lowest BCUT2D eigenvalue weighted by molar-refractivity contribution is 0.143. The lowest BCUT2D eigenvalue weighted by Gasteiger charge is -2.24. The standard InChI is InChI=1S/C24H26N4O/c1-24(2,29)14-13-18-9-11-19(12-10-18)16-26-21-6-5-7-22-20(21)17-27-28(22)23-8-3-4-15-25-23/h3-4,8-12,15,17,21,26,29H,5-7,16H2,1-2H3/t21-/m1/s1. The quantitative estimate of drug-likeness (QED) is 0.673. The predicted molar refractivity (Wildman–Crippen MR) is 113 cm³/mol. The zero-order chi connectivity index (χ0) is 20.3. The molecular weight excluding hydrogens is 360 g/mol. The van der Waals surface area contributed by atoms with Crippen molar-refractivity contribution in [2.45, 2.75) is 51.3 Å². The minimum absolute atomic E-state index is 0.297. The molecule has 1 aromatic carbocycles. The highest BCUT2D eigenvalue weighted by Crippen LogP contribution is 2.31. The van der Waals surface area contributed by atoms with E-state index in [9.17, 15) is 5.11 Å². The van der Waals surface area contributed by atoms with Crippen LogP contribution in [0.4, 0.5) is 0 Å². The molecule has 1 atom stereocenters. The van der Waals surface area contributed by atoms with E-state index < -0.39 is 5.60 Å². The Labute approximate surface area is 171 Å². The van der Waals surface area contributed by atoms with E-state index in [2.05, 4.69) is 39.4 Å². The van der Waals surface area contributed by atoms with E-state index in [1.807, 2.05) is 41.2 Å². The second-order valence-corrected chi connectivity index (χ2v) is 7.98. The van der Waals surface area contributed by atoms with Gasteiger partial charge in [0.2, 0.25) is 0 Å². The molecule has 0 fully saturated rings. The molecular formula is C24H26N4O. The Balaban J connectivity index is 1.44. The second kappa shape index (κ2) is 8.20. The maximum Gasteiger partial charge on any atom is 0.153 e. The van der Waals surface area contributed by atoms with Crippen LogP contribution in [0.3, 0.4) is 0 Å². The maximum atomic E-state index is 9.72. The molecule has 29 heavy (non-hydrogen) atoms. The highest BCUT2D eigenvalue weighted by Gasteiger charge is 2.24. The van der Waals surface area contributed by atoms with Crippen molar-refractivity contribution in [1.82, 2.24) is 20.1 Å². The minimum Gasteiger partial charge on any atom is -0.378 e. The molecule has 2 heterocycles. The lowest BCUT2D eigenvalue weighted by atomic mass is 9.92. The third-order valence-corrected chi connectivity index (χ3v) is 5.07. The van der Waals surface area contributed by atoms with E-state index >= 15 is 0 Å². The predicted octanol–water partition coefficient (Wildman–Crippen LogP) is 3.56. The van der Waals surface area contributed by atoms with Gasteiger partial charge in [-0.3, -0.25) is 0 Å². The molecule has 148 valence electrons. The van der Waals surface area contributed by atoms with E-state index in [0.717, 1.165) is 37.2 Å². The first-order chi connectivity index (χ1) is 14.0. The van der Waals surface area contributed by atoms with Crippen molar-refractivity contribution in [1.29, 1.82) is 0 Å². The number of hydrogen-bond acceptors (Lipinski definition) is 4. The minimum atomic E-state index is -0.974. The topological polar surface area (TPSA) is 63.0 Å². The third kappa shape index (κ3) is 4.73. The molecule has 0 saturated carbocycles. The molecule has 3 aromatic rings. The summed E-state index contributed by atoms with van der Waals surface area (Å²) in [4.78, 5) is 4.44. The van der Waals surface area contributed by atoms with Crippen LogP contribution in [-0.2, 0) is 13.0 Å². The summed E-state index contributed by atoms with van der Waals surface area (Å²) in [7, 11) is 0. The second-order valence-electron chi connectivity index (χ2n) is 7.98. The van der Waals surface area contributed by atoms with Crippen molar-refractivity contribution in [2.75, 3.05) is 0 Å². The van der Waals surface area contributed by atoms with Crippen LogP contribution in [0.15, 0.2) is 54.9 Å². The van der Waals surface area contributed by atoms with Crippen LogP contribution >= 0.6 is 0 Å². The van der Waals surface area contributed by atoms with Gasteiger partial charge < -0.3 is 10.4 Å². The van der Waals surface area contributed by atoms with E-state index in [-0.39, 0.29) is 0 Å². The fourth-order valence-corrected chi connectivity index (χ4v) is 3.62. The molecule has 5 nitrogen and oxygen atoms in total. The average Bonchev–Trinajstić information content (AvgIpc) is 3.16. The van der Waals surface area contributed by atoms with Crippen LogP contribution in [0.1, 0.15) is 55.1 Å². The molecule has 1 aliphatic rings. The van der Waals surface area contributed by atoms with E-state index in [0.29, 0.717) is 6.04 Å². The molecule has 1 aliphatic carbocycles. The van der Waals surface area contributed by atoms with Crippen LogP contribution in [-0.4, -0.2) is 25.5 Å². The van der Waals surface area contributed by atoms with Gasteiger partial charge in [-0.1, -0.05) is 30.0 Å². The Morgan fingerprint density at radius 1 is 1.21 bits per heavy atom. The number of aliphatic hydroxyl groups is 1. The summed E-state index contributed by atoms with van der Waals surface area (Å²) in [6, 6.07) is 14.4. The smallest absolute Gasteiger partial charge is 0.153 e. The number of nitrogens with one attached hydrogen (secondary N) is 1. The highest BCUT2D eigenvalue weighted by molar-refractivity contribution is 5.38. The lowest BCUT2D eigenvalue weighted by Crippen LogP contribution is -2.25. The first-order valence-corrected chi connectivity index (χ1v) is 10.1. The van der Waals surface area contributed by atoms with Crippen LogP contribution < -0.4 is 5.32 Å². The molecule has 2 aromatic heterocycles. The number of hydrogen-bond donors (Lipinski definition) is 2. The number of pyridine rings is 1. The summed E-state index contributed by atoms with van der Waals surface area (Å²) in [6.07, 6.45) is 7.05. The van der Waals surface area contributed by atoms with Crippen LogP contribution in [0.2, 0.25) is 0 Å². The Kier molecular flexibility index (Phi) is 5.48. The fraction of sp³-hybridized carbons (Fsp3) is 0.333. The van der Waals surface area contributed by atoms with Crippen LogP contribution in [0.25, 0.3) is 5.82 Å². The van der Waals surface area contributed by atoms with E-state index in [4.69, 9.17) is 0 Å². The van der Waals surface area contributed by atoms with Gasteiger partial charge in [0.1, 0.15) is 5.60 Å². The molecule has 2 N–H and O–H groups in total. The van der Waals surface area contributed by atoms with Gasteiger partial charge in [0.15, 0.2) is 5.82 Å². The summed E-state index contributed by atoms with van der Waals surface area (Å²) in [5, 5.41) is 18.0. The van der Waals surface area contributed by atoms with E-state index in [1.165, 1.54) is 16.8 Å². The number of nitrogens with zero attached hydrogens (tertiary/aromatic N) is 3. The average molecular weight is 386 g/mol. The Morgan fingerprint density at radius 2 is 2.03 bits per heavy atom. The molecule has 0 unspecified atom stereocenters. The molecule has 0 amide bonds. The van der Waals surface area contributed by atoms with Crippen molar-refractivity contribution < 1.29 is 5.11 Å². The summed E-state index contributed by atoms with van der Waals surface area (Å²) < 4.78 is 1.97. The Hall–Kier alpha value is -2.94. The first kappa shape index (κ1) is 19.4. The van der Waals surface area contributed by atoms with Gasteiger partial charge in [0, 0.05) is 29.9 Å². The maximum absolute atomic E-state index is 9.72. The van der Waals surface area contributed by atoms with E-state index in [1.54, 1.807) is 20.0 Å². The first-order valence-electron chi connectivity index (χ1n) is 10.1. The monoisotopic (exact) mass is 386 g/mol. The largest absolute Gasteiger partial charge is 0.378 e. The van der Waals surface area contributed by atoms with Crippen molar-refractivity contribution >= 4 is 0 Å². The Bertz CT molecular complexity index is 1020. The SMILES string of the molecule is CC(C)(O)C#Cc1ccc(CN[C@@H]2CCCc3c2cnn3-c2ccccn2)cc1. The van der Waals surface area contributed by atoms with Gasteiger partial charge in [-0.05, 0) is 62.9 Å². The number of rotatable bonds is 4. The van der Waals surface area contributed by atoms with Gasteiger partial charge in [-0.2, -0.15) is 5.10 Å². The van der Waals surface area contributed by atoms with Crippen molar-refractivity contribution in [3.63, 3.8) is 0 Å². The summed E-state index contributed by atoms with van der Waals surface area (Å²) in [5.41, 5.74) is 3.67. The van der Waals surface area contributed by atoms with Crippen LogP contribution in [0, 0.1) is 11.8 Å². The summed E-state index contributed by atoms with van der Waals surface area (Å²) >= 11 is 0. The molecule has 0 aliphatic heterocycles. The summed E-state index contributed by atoms with van der Waals surface area (Å²) in [5.74, 6) is 6.73. The zero-order valence-corrected chi connectivity index (χ0v) is 16.9. The molecule has 5 heteroatoms. The van der Waals surface area contributed by atoms with Gasteiger partial charge in [-0.15, -0.1) is 0 Å². The normalized spacial score (nSPS) is 16.0. The molecule has 0 spiro atoms. The number of benzene rings is 1. The van der Waals surface area contributed by atoms with Crippen molar-refractivity contribution in [3.05, 3.63) is 77.2 Å². The summed E-state index contributed by atoms with van der Waals surface area (Å²) in [6.45, 7) is 4.16. The van der Waals surface area contributed by atoms with Crippen LogP contribution in [0.5, 0.6) is 0 Å². The fourth-order valence-electron chi connectivity index (χ4n) is 3.62. The zero-order valence-electron chi connectivity index (χ0n) is 16.9. The number of fused-ring (bicyclic) bond motifs is 1. The van der Waals surface area contributed by atoms with Crippen molar-refractivity contribution in [2.24, 2.45) is 0 Å². The third-order valence-electron chi connectivity index (χ3n) is 5.07. The molecule has 0 bridgehead atoms. The molecule has 4 rings (SSSR count). The van der Waals surface area contributed by atoms with Gasteiger partial charge in [0.05, 0.1) is 11.9 Å². The highest BCUT2D eigenvalue weighted by atomic mass is 16.3. The molecule has 0 saturated heterocycles. The van der Waals surface area contributed by atoms with Gasteiger partial charge in [0.25, 0.3) is 0 Å². The number of aromatic nitrogens is 3. The Morgan fingerprint density at radius 3 is 2.76 bits per heavy atom. The van der Waals surface area contributed by atoms with Gasteiger partial charge in [-0.25, -0.2) is 9.67 Å². The van der Waals surface area contributed by atoms with Crippen molar-refractivity contribution in [3.8, 4) is 17.7 Å². The van der Waals surface area contributed by atoms with Gasteiger partial charge >= 0.3 is 0 Å².